The summed E-state index contributed by atoms with van der Waals surface area (Å²) in [6.45, 7) is 18.6. The van der Waals surface area contributed by atoms with Gasteiger partial charge in [-0.15, -0.1) is 0 Å². The third-order valence-corrected chi connectivity index (χ3v) is 11.8. The minimum Gasteiger partial charge on any atom is -1.00 e. The molecule has 4 heterocycles. The van der Waals surface area contributed by atoms with Crippen LogP contribution in [0.4, 0.5) is 5.69 Å². The van der Waals surface area contributed by atoms with Crippen molar-refractivity contribution >= 4 is 57.2 Å². The summed E-state index contributed by atoms with van der Waals surface area (Å²) in [7, 11) is 0. The van der Waals surface area contributed by atoms with Gasteiger partial charge in [-0.05, 0) is 89.1 Å². The standard InChI is InChI=1S/C27H27N4O4.C19H21N3O4.C8H6BrN.BrH/c1-27(2,3)26(34)35-18-29-16-21(30(17-29)15-20-10-8-19(14-28)9-11-20)12-13-31-24(32)22-6-4-5-7-23(22)25(31)33;1-19(2,3)18(25)26-12-21-10-13(20-11-21)8-9-22-16(23)14-6-4-5-7-15(14)17(22)24;1-10-8-4-2-7(6-9)3-5-8;/h4-11,16-17H,12-13,15,18H2,1-3H3;4-7,10-11H,8-9,12H2,1-3H3;2-5H,6H2;1H/q+1;;;/p-1. The Kier molecular flexibility index (Phi) is 18.9. The van der Waals surface area contributed by atoms with Crippen molar-refractivity contribution < 1.29 is 59.8 Å². The number of fused-ring (bicyclic) bond motifs is 2. The van der Waals surface area contributed by atoms with Gasteiger partial charge >= 0.3 is 11.9 Å². The molecule has 2 aliphatic rings. The Morgan fingerprint density at radius 3 is 1.68 bits per heavy atom. The molecule has 72 heavy (non-hydrogen) atoms. The van der Waals surface area contributed by atoms with Gasteiger partial charge in [0.25, 0.3) is 23.6 Å². The van der Waals surface area contributed by atoms with Crippen LogP contribution in [0.3, 0.4) is 0 Å². The summed E-state index contributed by atoms with van der Waals surface area (Å²) in [5.41, 5.74) is 5.62. The lowest BCUT2D eigenvalue weighted by molar-refractivity contribution is -0.727. The Bertz CT molecular complexity index is 2960. The summed E-state index contributed by atoms with van der Waals surface area (Å²) in [6, 6.07) is 30.6. The molecule has 0 fully saturated rings. The van der Waals surface area contributed by atoms with Gasteiger partial charge < -0.3 is 31.0 Å². The van der Waals surface area contributed by atoms with Crippen LogP contribution in [0.15, 0.2) is 122 Å². The average Bonchev–Trinajstić information content (AvgIpc) is 4.11. The highest BCUT2D eigenvalue weighted by Crippen LogP contribution is 2.25. The molecule has 18 heteroatoms. The molecule has 0 atom stereocenters. The molecule has 0 radical (unpaired) electrons. The number of halogens is 2. The van der Waals surface area contributed by atoms with Gasteiger partial charge in [0.15, 0.2) is 12.4 Å². The van der Waals surface area contributed by atoms with Crippen LogP contribution < -0.4 is 21.5 Å². The number of imidazole rings is 2. The van der Waals surface area contributed by atoms with Crippen molar-refractivity contribution in [1.82, 2.24) is 23.9 Å². The molecule has 2 aromatic heterocycles. The maximum absolute atomic E-state index is 12.8. The maximum Gasteiger partial charge on any atom is 0.314 e. The minimum atomic E-state index is -0.611. The zero-order chi connectivity index (χ0) is 51.5. The van der Waals surface area contributed by atoms with Crippen molar-refractivity contribution in [3.63, 3.8) is 0 Å². The van der Waals surface area contributed by atoms with Gasteiger partial charge in [0, 0.05) is 37.5 Å². The number of rotatable bonds is 13. The van der Waals surface area contributed by atoms with Crippen LogP contribution in [-0.4, -0.2) is 72.6 Å². The molecule has 0 spiro atoms. The number of nitriles is 1. The zero-order valence-corrected chi connectivity index (χ0v) is 44.0. The van der Waals surface area contributed by atoms with Crippen LogP contribution in [0.25, 0.3) is 4.85 Å². The lowest BCUT2D eigenvalue weighted by atomic mass is 9.97. The van der Waals surface area contributed by atoms with E-state index in [9.17, 15) is 28.8 Å². The van der Waals surface area contributed by atoms with Gasteiger partial charge in [-0.25, -0.2) is 19.0 Å². The first-order valence-corrected chi connectivity index (χ1v) is 23.8. The Hall–Kier alpha value is -7.54. The van der Waals surface area contributed by atoms with Crippen LogP contribution in [0.5, 0.6) is 0 Å². The third-order valence-electron chi connectivity index (χ3n) is 11.2. The minimum absolute atomic E-state index is 0. The first-order valence-electron chi connectivity index (χ1n) is 22.7. The average molecular weight is 1100 g/mol. The molecule has 0 unspecified atom stereocenters. The zero-order valence-electron chi connectivity index (χ0n) is 40.8. The van der Waals surface area contributed by atoms with E-state index < -0.39 is 10.8 Å². The van der Waals surface area contributed by atoms with E-state index in [0.29, 0.717) is 58.6 Å². The Morgan fingerprint density at radius 1 is 0.722 bits per heavy atom. The van der Waals surface area contributed by atoms with Crippen molar-refractivity contribution in [2.24, 2.45) is 10.8 Å². The molecule has 2 aliphatic heterocycles. The van der Waals surface area contributed by atoms with E-state index in [1.807, 2.05) is 53.5 Å². The number of hydrogen-bond acceptors (Lipinski definition) is 10. The number of amides is 4. The summed E-state index contributed by atoms with van der Waals surface area (Å²) < 4.78 is 16.1. The van der Waals surface area contributed by atoms with Crippen LogP contribution >= 0.6 is 15.9 Å². The maximum atomic E-state index is 12.8. The molecule has 0 saturated heterocycles. The van der Waals surface area contributed by atoms with E-state index >= 15 is 0 Å². The van der Waals surface area contributed by atoms with E-state index in [0.717, 1.165) is 16.6 Å². The van der Waals surface area contributed by atoms with Gasteiger partial charge in [0.2, 0.25) is 13.1 Å². The number of carbonyl (C=O) groups is 6. The second kappa shape index (κ2) is 24.5. The molecule has 8 rings (SSSR count). The second-order valence-corrected chi connectivity index (χ2v) is 19.3. The van der Waals surface area contributed by atoms with Crippen molar-refractivity contribution in [3.05, 3.63) is 184 Å². The number of esters is 2. The molecule has 372 valence electrons. The normalized spacial score (nSPS) is 12.6. The Balaban J connectivity index is 0.000000228. The number of ether oxygens (including phenoxy) is 2. The fourth-order valence-electron chi connectivity index (χ4n) is 7.16. The van der Waals surface area contributed by atoms with Crippen LogP contribution in [0, 0.1) is 28.7 Å². The van der Waals surface area contributed by atoms with Crippen molar-refractivity contribution in [2.45, 2.75) is 79.7 Å². The summed E-state index contributed by atoms with van der Waals surface area (Å²) >= 11 is 3.33. The first-order chi connectivity index (χ1) is 33.8. The number of alkyl halides is 1. The highest BCUT2D eigenvalue weighted by molar-refractivity contribution is 9.08. The predicted octanol–water partition coefficient (Wildman–Crippen LogP) is 5.49. The molecule has 0 saturated carbocycles. The van der Waals surface area contributed by atoms with Crippen LogP contribution in [0.2, 0.25) is 0 Å². The van der Waals surface area contributed by atoms with E-state index in [2.05, 4.69) is 31.8 Å². The number of hydrogen-bond donors (Lipinski definition) is 0. The van der Waals surface area contributed by atoms with Crippen LogP contribution in [0.1, 0.15) is 111 Å². The topological polar surface area (TPSA) is 182 Å². The van der Waals surface area contributed by atoms with E-state index in [-0.39, 0.29) is 79.1 Å². The highest BCUT2D eigenvalue weighted by Gasteiger charge is 2.36. The van der Waals surface area contributed by atoms with Crippen molar-refractivity contribution in [1.29, 1.82) is 5.26 Å². The smallest absolute Gasteiger partial charge is 0.314 e. The largest absolute Gasteiger partial charge is 1.00 e. The van der Waals surface area contributed by atoms with E-state index in [4.69, 9.17) is 21.3 Å². The van der Waals surface area contributed by atoms with Crippen LogP contribution in [-0.2, 0) is 57.2 Å². The van der Waals surface area contributed by atoms with E-state index in [1.54, 1.807) is 124 Å². The quantitative estimate of drug-likeness (QED) is 0.0472. The molecular formula is C54H54Br2N8O8. The molecule has 4 amide bonds. The summed E-state index contributed by atoms with van der Waals surface area (Å²) in [6.07, 6.45) is 7.87. The van der Waals surface area contributed by atoms with Gasteiger partial charge in [0.1, 0.15) is 18.4 Å². The van der Waals surface area contributed by atoms with Crippen molar-refractivity contribution in [2.75, 3.05) is 13.1 Å². The fourth-order valence-corrected chi connectivity index (χ4v) is 7.53. The summed E-state index contributed by atoms with van der Waals surface area (Å²) in [5, 5.41) is 9.90. The Labute approximate surface area is 437 Å². The second-order valence-electron chi connectivity index (χ2n) is 18.7. The molecular weight excluding hydrogens is 1050 g/mol. The van der Waals surface area contributed by atoms with Crippen molar-refractivity contribution in [3.8, 4) is 6.07 Å². The fraction of sp³-hybridized carbons (Fsp3) is 0.296. The number of imide groups is 2. The van der Waals surface area contributed by atoms with Gasteiger partial charge in [-0.1, -0.05) is 76.6 Å². The number of carbonyl (C=O) groups excluding carboxylic acids is 6. The number of nitrogens with zero attached hydrogens (tertiary/aromatic N) is 8. The lowest BCUT2D eigenvalue weighted by Crippen LogP contribution is -3.00. The first kappa shape index (κ1) is 55.4. The number of aromatic nitrogens is 4. The monoisotopic (exact) mass is 1100 g/mol. The molecule has 4 aromatic carbocycles. The molecule has 16 nitrogen and oxygen atoms in total. The molecule has 0 aliphatic carbocycles. The Morgan fingerprint density at radius 2 is 1.21 bits per heavy atom. The third kappa shape index (κ3) is 14.1. The highest BCUT2D eigenvalue weighted by atomic mass is 79.9. The molecule has 0 bridgehead atoms. The lowest BCUT2D eigenvalue weighted by Gasteiger charge is -2.16. The summed E-state index contributed by atoms with van der Waals surface area (Å²) in [5.74, 6) is -1.73. The predicted molar refractivity (Wildman–Crippen MR) is 265 cm³/mol. The van der Waals surface area contributed by atoms with E-state index in [1.165, 1.54) is 15.4 Å². The van der Waals surface area contributed by atoms with Gasteiger partial charge in [-0.2, -0.15) is 5.26 Å². The van der Waals surface area contributed by atoms with Gasteiger partial charge in [0.05, 0.1) is 63.3 Å². The molecule has 6 aromatic rings. The molecule has 0 N–H and O–H groups in total. The summed E-state index contributed by atoms with van der Waals surface area (Å²) in [4.78, 5) is 84.2. The SMILES string of the molecule is CC(C)(C)C(=O)OC[n+]1cc(CCN2C(=O)c3ccccc3C2=O)n(Cc2ccc(C#N)cc2)c1.CC(C)(C)C(=O)OCn1cnc(CCN2C(=O)c3ccccc3C2=O)c1.[Br-].[C-]#[N+]c1ccc(CBr)cc1. The number of benzene rings is 4. The van der Waals surface area contributed by atoms with Gasteiger partial charge in [-0.3, -0.25) is 38.6 Å².